The summed E-state index contributed by atoms with van der Waals surface area (Å²) in [6, 6.07) is 12.5. The third-order valence-corrected chi connectivity index (χ3v) is 5.31. The number of ether oxygens (including phenoxy) is 2. The van der Waals surface area contributed by atoms with E-state index in [0.717, 1.165) is 4.31 Å². The Labute approximate surface area is 152 Å². The number of halogens is 1. The van der Waals surface area contributed by atoms with Crippen molar-refractivity contribution in [2.45, 2.75) is 4.90 Å². The second-order valence-electron chi connectivity index (χ2n) is 5.25. The smallest absolute Gasteiger partial charge is 0.338 e. The van der Waals surface area contributed by atoms with Crippen LogP contribution >= 0.6 is 11.6 Å². The van der Waals surface area contributed by atoms with Gasteiger partial charge in [0, 0.05) is 19.1 Å². The molecule has 2 rings (SSSR count). The van der Waals surface area contributed by atoms with Gasteiger partial charge < -0.3 is 9.47 Å². The molecule has 0 heterocycles. The number of nitrogens with zero attached hydrogens (tertiary/aromatic N) is 1. The van der Waals surface area contributed by atoms with Crippen molar-refractivity contribution < 1.29 is 22.7 Å². The Kier molecular flexibility index (Phi) is 6.41. The number of esters is 1. The van der Waals surface area contributed by atoms with Gasteiger partial charge in [-0.3, -0.25) is 0 Å². The predicted octanol–water partition coefficient (Wildman–Crippen LogP) is 2.83. The summed E-state index contributed by atoms with van der Waals surface area (Å²) >= 11 is 5.78. The molecule has 2 aromatic rings. The Bertz CT molecular complexity index is 834. The third-order valence-electron chi connectivity index (χ3n) is 3.25. The molecule has 0 spiro atoms. The molecule has 6 nitrogen and oxygen atoms in total. The van der Waals surface area contributed by atoms with Gasteiger partial charge in [-0.15, -0.1) is 0 Å². The number of hydrogen-bond acceptors (Lipinski definition) is 5. The van der Waals surface area contributed by atoms with Crippen LogP contribution in [0.2, 0.25) is 5.02 Å². The van der Waals surface area contributed by atoms with E-state index in [1.165, 1.54) is 38.4 Å². The molecule has 0 N–H and O–H groups in total. The van der Waals surface area contributed by atoms with E-state index >= 15 is 0 Å². The minimum atomic E-state index is -3.61. The molecule has 2 aromatic carbocycles. The van der Waals surface area contributed by atoms with Crippen LogP contribution in [-0.2, 0) is 14.8 Å². The average molecular weight is 384 g/mol. The van der Waals surface area contributed by atoms with Crippen molar-refractivity contribution in [3.63, 3.8) is 0 Å². The molecule has 0 aliphatic heterocycles. The van der Waals surface area contributed by atoms with Crippen LogP contribution in [0.15, 0.2) is 53.4 Å². The molecular weight excluding hydrogens is 366 g/mol. The molecule has 0 radical (unpaired) electrons. The number of carbonyl (C=O) groups is 1. The second kappa shape index (κ2) is 8.33. The Morgan fingerprint density at radius 1 is 1.08 bits per heavy atom. The van der Waals surface area contributed by atoms with E-state index in [1.54, 1.807) is 24.3 Å². The molecule has 0 aliphatic carbocycles. The first-order valence-corrected chi connectivity index (χ1v) is 9.20. The van der Waals surface area contributed by atoms with Crippen LogP contribution in [0.4, 0.5) is 0 Å². The van der Waals surface area contributed by atoms with Gasteiger partial charge in [-0.25, -0.2) is 17.5 Å². The van der Waals surface area contributed by atoms with E-state index in [-0.39, 0.29) is 23.7 Å². The number of hydrogen-bond donors (Lipinski definition) is 0. The van der Waals surface area contributed by atoms with E-state index in [0.29, 0.717) is 10.8 Å². The van der Waals surface area contributed by atoms with Gasteiger partial charge in [-0.1, -0.05) is 17.7 Å². The summed E-state index contributed by atoms with van der Waals surface area (Å²) in [6.07, 6.45) is 0. The van der Waals surface area contributed by atoms with Crippen LogP contribution in [-0.4, -0.2) is 46.0 Å². The molecule has 0 fully saturated rings. The topological polar surface area (TPSA) is 72.9 Å². The summed E-state index contributed by atoms with van der Waals surface area (Å²) in [5.74, 6) is -0.00460. The summed E-state index contributed by atoms with van der Waals surface area (Å²) in [4.78, 5) is 12.1. The summed E-state index contributed by atoms with van der Waals surface area (Å²) < 4.78 is 35.8. The first-order chi connectivity index (χ1) is 11.8. The maximum atomic E-state index is 12.1. The van der Waals surface area contributed by atoms with E-state index in [9.17, 15) is 13.2 Å². The van der Waals surface area contributed by atoms with Crippen LogP contribution in [0, 0.1) is 0 Å². The average Bonchev–Trinajstić information content (AvgIpc) is 2.60. The molecule has 0 amide bonds. The first-order valence-electron chi connectivity index (χ1n) is 7.39. The largest absolute Gasteiger partial charge is 0.490 e. The lowest BCUT2D eigenvalue weighted by Gasteiger charge is -2.12. The van der Waals surface area contributed by atoms with Crippen molar-refractivity contribution in [3.05, 3.63) is 59.1 Å². The zero-order valence-electron chi connectivity index (χ0n) is 13.8. The molecule has 0 saturated carbocycles. The molecule has 0 aliphatic rings. The number of sulfonamides is 1. The van der Waals surface area contributed by atoms with Gasteiger partial charge in [-0.05, 0) is 42.5 Å². The first kappa shape index (κ1) is 19.2. The summed E-state index contributed by atoms with van der Waals surface area (Å²) in [5.41, 5.74) is 0.161. The zero-order chi connectivity index (χ0) is 18.4. The number of rotatable bonds is 7. The van der Waals surface area contributed by atoms with Crippen molar-refractivity contribution in [2.75, 3.05) is 27.3 Å². The third kappa shape index (κ3) is 5.19. The maximum absolute atomic E-state index is 12.1. The quantitative estimate of drug-likeness (QED) is 0.543. The lowest BCUT2D eigenvalue weighted by molar-refractivity contribution is 0.0450. The number of carbonyl (C=O) groups excluding carboxylic acids is 1. The SMILES string of the molecule is CN(C)S(=O)(=O)c1cccc(C(=O)OCCOc2ccc(Cl)cc2)c1. The Balaban J connectivity index is 1.92. The summed E-state index contributed by atoms with van der Waals surface area (Å²) in [7, 11) is -0.758. The standard InChI is InChI=1S/C17H18ClNO5S/c1-19(2)25(21,22)16-5-3-4-13(12-16)17(20)24-11-10-23-15-8-6-14(18)7-9-15/h3-9,12H,10-11H2,1-2H3. The fourth-order valence-electron chi connectivity index (χ4n) is 1.90. The second-order valence-corrected chi connectivity index (χ2v) is 7.84. The fourth-order valence-corrected chi connectivity index (χ4v) is 2.98. The molecule has 0 unspecified atom stereocenters. The van der Waals surface area contributed by atoms with Gasteiger partial charge in [0.15, 0.2) is 0 Å². The van der Waals surface area contributed by atoms with Crippen LogP contribution in [0.1, 0.15) is 10.4 Å². The predicted molar refractivity (Wildman–Crippen MR) is 94.5 cm³/mol. The lowest BCUT2D eigenvalue weighted by Crippen LogP contribution is -2.22. The fraction of sp³-hybridized carbons (Fsp3) is 0.235. The molecule has 0 bridgehead atoms. The normalized spacial score (nSPS) is 11.4. The minimum absolute atomic E-state index is 0.0318. The molecular formula is C17H18ClNO5S. The Hall–Kier alpha value is -2.09. The van der Waals surface area contributed by atoms with Gasteiger partial charge in [0.25, 0.3) is 0 Å². The highest BCUT2D eigenvalue weighted by Crippen LogP contribution is 2.16. The number of benzene rings is 2. The van der Waals surface area contributed by atoms with Crippen LogP contribution in [0.3, 0.4) is 0 Å². The molecule has 25 heavy (non-hydrogen) atoms. The zero-order valence-corrected chi connectivity index (χ0v) is 15.4. The van der Waals surface area contributed by atoms with E-state index in [2.05, 4.69) is 0 Å². The van der Waals surface area contributed by atoms with Gasteiger partial charge in [-0.2, -0.15) is 0 Å². The van der Waals surface area contributed by atoms with Crippen molar-refractivity contribution >= 4 is 27.6 Å². The van der Waals surface area contributed by atoms with Crippen molar-refractivity contribution in [3.8, 4) is 5.75 Å². The van der Waals surface area contributed by atoms with Crippen LogP contribution in [0.5, 0.6) is 5.75 Å². The van der Waals surface area contributed by atoms with Gasteiger partial charge >= 0.3 is 5.97 Å². The minimum Gasteiger partial charge on any atom is -0.490 e. The van der Waals surface area contributed by atoms with Crippen LogP contribution < -0.4 is 4.74 Å². The monoisotopic (exact) mass is 383 g/mol. The van der Waals surface area contributed by atoms with E-state index < -0.39 is 16.0 Å². The molecule has 134 valence electrons. The maximum Gasteiger partial charge on any atom is 0.338 e. The van der Waals surface area contributed by atoms with Gasteiger partial charge in [0.1, 0.15) is 19.0 Å². The lowest BCUT2D eigenvalue weighted by atomic mass is 10.2. The van der Waals surface area contributed by atoms with Crippen LogP contribution in [0.25, 0.3) is 0 Å². The van der Waals surface area contributed by atoms with Gasteiger partial charge in [0.05, 0.1) is 10.5 Å². The molecule has 0 aromatic heterocycles. The Morgan fingerprint density at radius 3 is 2.40 bits per heavy atom. The highest BCUT2D eigenvalue weighted by molar-refractivity contribution is 7.89. The molecule has 8 heteroatoms. The Morgan fingerprint density at radius 2 is 1.76 bits per heavy atom. The molecule has 0 atom stereocenters. The molecule has 0 saturated heterocycles. The van der Waals surface area contributed by atoms with E-state index in [4.69, 9.17) is 21.1 Å². The van der Waals surface area contributed by atoms with Crippen molar-refractivity contribution in [2.24, 2.45) is 0 Å². The van der Waals surface area contributed by atoms with Crippen molar-refractivity contribution in [1.29, 1.82) is 0 Å². The highest BCUT2D eigenvalue weighted by atomic mass is 35.5. The van der Waals surface area contributed by atoms with Crippen molar-refractivity contribution in [1.82, 2.24) is 4.31 Å². The summed E-state index contributed by atoms with van der Waals surface area (Å²) in [5, 5.41) is 0.603. The highest BCUT2D eigenvalue weighted by Gasteiger charge is 2.19. The van der Waals surface area contributed by atoms with Gasteiger partial charge in [0.2, 0.25) is 10.0 Å². The van der Waals surface area contributed by atoms with E-state index in [1.807, 2.05) is 0 Å². The summed E-state index contributed by atoms with van der Waals surface area (Å²) in [6.45, 7) is 0.204.